The molecule has 2 aliphatic rings. The quantitative estimate of drug-likeness (QED) is 0.288. The SMILES string of the molecule is CCOP(=O)(OCC)C12C(=C(c3ccccc3)O[P+]1(O)c1ccccc1)C(=O)N2S(=O)(=O)c1ccccc1. The van der Waals surface area contributed by atoms with Crippen molar-refractivity contribution in [1.29, 1.82) is 0 Å². The lowest BCUT2D eigenvalue weighted by Gasteiger charge is -2.49. The van der Waals surface area contributed by atoms with Crippen LogP contribution in [0, 0.1) is 0 Å². The third-order valence-electron chi connectivity index (χ3n) is 6.29. The molecule has 3 aromatic carbocycles. The molecule has 1 saturated heterocycles. The Hall–Kier alpha value is -2.84. The van der Waals surface area contributed by atoms with Gasteiger partial charge in [0.25, 0.3) is 15.9 Å². The topological polar surface area (TPSA) is 119 Å². The summed E-state index contributed by atoms with van der Waals surface area (Å²) in [6, 6.07) is 23.8. The van der Waals surface area contributed by atoms with E-state index in [9.17, 15) is 22.7 Å². The molecule has 198 valence electrons. The summed E-state index contributed by atoms with van der Waals surface area (Å²) < 4.78 is 61.2. The number of amides is 1. The Bertz CT molecular complexity index is 1540. The normalized spacial score (nSPS) is 23.1. The number of rotatable bonds is 9. The van der Waals surface area contributed by atoms with E-state index in [4.69, 9.17) is 13.6 Å². The molecule has 2 heterocycles. The zero-order chi connectivity index (χ0) is 27.2. The Morgan fingerprint density at radius 2 is 1.39 bits per heavy atom. The average molecular weight is 575 g/mol. The second-order valence-electron chi connectivity index (χ2n) is 8.43. The molecule has 12 heteroatoms. The Kier molecular flexibility index (Phi) is 6.84. The Morgan fingerprint density at radius 3 is 1.92 bits per heavy atom. The smallest absolute Gasteiger partial charge is 0.309 e. The Labute approximate surface area is 221 Å². The van der Waals surface area contributed by atoms with Crippen LogP contribution in [0.15, 0.2) is 101 Å². The van der Waals surface area contributed by atoms with Gasteiger partial charge >= 0.3 is 20.3 Å². The summed E-state index contributed by atoms with van der Waals surface area (Å²) in [5.41, 5.74) is 0.150. The largest absolute Gasteiger partial charge is 0.407 e. The number of sulfonamides is 1. The predicted octanol–water partition coefficient (Wildman–Crippen LogP) is 4.74. The van der Waals surface area contributed by atoms with Crippen LogP contribution in [-0.2, 0) is 33.0 Å². The van der Waals surface area contributed by atoms with Crippen molar-refractivity contribution in [2.24, 2.45) is 0 Å². The highest BCUT2D eigenvalue weighted by Crippen LogP contribution is 2.91. The van der Waals surface area contributed by atoms with Gasteiger partial charge in [0, 0.05) is 5.56 Å². The van der Waals surface area contributed by atoms with E-state index in [0.29, 0.717) is 9.87 Å². The van der Waals surface area contributed by atoms with E-state index in [1.165, 1.54) is 24.3 Å². The number of carbonyl (C=O) groups is 1. The van der Waals surface area contributed by atoms with Gasteiger partial charge in [0.2, 0.25) is 5.76 Å². The molecule has 2 unspecified atom stereocenters. The standard InChI is InChI=1S/C26H26NO8P2S/c1-3-33-37(30,34-4-2)26-23(25(28)27(26)38(31,32)22-18-12-7-13-19-22)24(20-14-8-5-9-15-20)35-36(26,29)21-16-10-6-11-17-21/h5-19,29H,3-4H2,1-2H3/q+1. The first-order chi connectivity index (χ1) is 18.2. The third-order valence-corrected chi connectivity index (χ3v) is 15.0. The van der Waals surface area contributed by atoms with Gasteiger partial charge in [0.1, 0.15) is 0 Å². The highest BCUT2D eigenvalue weighted by molar-refractivity contribution is 7.93. The Balaban J connectivity index is 1.91. The molecule has 1 fully saturated rings. The first kappa shape index (κ1) is 26.8. The minimum atomic E-state index is -4.66. The number of β-lactam (4-membered cyclic amide) rings is 1. The van der Waals surface area contributed by atoms with Crippen molar-refractivity contribution in [3.05, 3.63) is 102 Å². The van der Waals surface area contributed by atoms with Crippen LogP contribution in [0.2, 0.25) is 0 Å². The number of benzene rings is 3. The molecule has 2 atom stereocenters. The van der Waals surface area contributed by atoms with Crippen LogP contribution >= 0.6 is 15.3 Å². The van der Waals surface area contributed by atoms with E-state index in [-0.39, 0.29) is 34.7 Å². The number of fused-ring (bicyclic) bond motifs is 1. The van der Waals surface area contributed by atoms with Crippen molar-refractivity contribution < 1.29 is 36.2 Å². The van der Waals surface area contributed by atoms with Crippen LogP contribution in [0.5, 0.6) is 0 Å². The molecule has 9 nitrogen and oxygen atoms in total. The van der Waals surface area contributed by atoms with Crippen LogP contribution in [-0.4, -0.2) is 41.8 Å². The van der Waals surface area contributed by atoms with Gasteiger partial charge in [-0.2, -0.15) is 4.31 Å². The van der Waals surface area contributed by atoms with Gasteiger partial charge in [-0.15, -0.1) is 0 Å². The maximum atomic E-state index is 14.8. The lowest BCUT2D eigenvalue weighted by atomic mass is 10.0. The van der Waals surface area contributed by atoms with E-state index in [2.05, 4.69) is 0 Å². The predicted molar refractivity (Wildman–Crippen MR) is 144 cm³/mol. The van der Waals surface area contributed by atoms with Gasteiger partial charge in [0.05, 0.1) is 18.1 Å². The van der Waals surface area contributed by atoms with Crippen molar-refractivity contribution in [2.75, 3.05) is 13.2 Å². The minimum Gasteiger partial charge on any atom is -0.309 e. The van der Waals surface area contributed by atoms with Crippen molar-refractivity contribution in [3.63, 3.8) is 0 Å². The van der Waals surface area contributed by atoms with E-state index >= 15 is 0 Å². The molecule has 3 aromatic rings. The van der Waals surface area contributed by atoms with Gasteiger partial charge in [-0.25, -0.2) is 13.3 Å². The first-order valence-corrected chi connectivity index (χ1v) is 16.5. The van der Waals surface area contributed by atoms with Gasteiger partial charge in [-0.3, -0.25) is 9.36 Å². The zero-order valence-corrected chi connectivity index (χ0v) is 23.2. The molecule has 1 N–H and O–H groups in total. The Morgan fingerprint density at radius 1 is 0.895 bits per heavy atom. The molecule has 0 aromatic heterocycles. The molecule has 0 bridgehead atoms. The first-order valence-electron chi connectivity index (χ1n) is 11.9. The summed E-state index contributed by atoms with van der Waals surface area (Å²) in [5, 5.41) is -2.30. The second-order valence-corrected chi connectivity index (χ2v) is 15.2. The van der Waals surface area contributed by atoms with Crippen LogP contribution in [0.4, 0.5) is 0 Å². The zero-order valence-electron chi connectivity index (χ0n) is 20.6. The van der Waals surface area contributed by atoms with Crippen LogP contribution in [0.25, 0.3) is 5.76 Å². The maximum absolute atomic E-state index is 14.8. The third kappa shape index (κ3) is 3.56. The maximum Gasteiger partial charge on any atom is 0.407 e. The van der Waals surface area contributed by atoms with Crippen molar-refractivity contribution in [1.82, 2.24) is 4.31 Å². The summed E-state index contributed by atoms with van der Waals surface area (Å²) in [5.74, 6) is -1.03. The summed E-state index contributed by atoms with van der Waals surface area (Å²) in [4.78, 5) is 26.3. The molecule has 0 saturated carbocycles. The van der Waals surface area contributed by atoms with Gasteiger partial charge in [-0.1, -0.05) is 66.7 Å². The number of nitrogens with zero attached hydrogens (tertiary/aromatic N) is 1. The van der Waals surface area contributed by atoms with E-state index in [1.54, 1.807) is 80.6 Å². The molecule has 1 amide bonds. The van der Waals surface area contributed by atoms with E-state index in [0.717, 1.165) is 0 Å². The second kappa shape index (κ2) is 9.72. The van der Waals surface area contributed by atoms with Crippen molar-refractivity contribution >= 4 is 42.3 Å². The molecule has 5 rings (SSSR count). The van der Waals surface area contributed by atoms with Crippen LogP contribution in [0.1, 0.15) is 19.4 Å². The summed E-state index contributed by atoms with van der Waals surface area (Å²) in [6.45, 7) is 2.84. The van der Waals surface area contributed by atoms with Crippen LogP contribution < -0.4 is 5.30 Å². The van der Waals surface area contributed by atoms with Gasteiger partial charge in [-0.05, 0) is 38.1 Å². The van der Waals surface area contributed by atoms with Crippen molar-refractivity contribution in [2.45, 2.75) is 23.8 Å². The highest BCUT2D eigenvalue weighted by Gasteiger charge is 2.94. The monoisotopic (exact) mass is 574 g/mol. The molecule has 0 radical (unpaired) electrons. The van der Waals surface area contributed by atoms with Crippen molar-refractivity contribution in [3.8, 4) is 0 Å². The fraction of sp³-hybridized carbons (Fsp3) is 0.192. The number of hydrogen-bond acceptors (Lipinski definition) is 8. The van der Waals surface area contributed by atoms with E-state index in [1.807, 2.05) is 0 Å². The molecular weight excluding hydrogens is 548 g/mol. The lowest BCUT2D eigenvalue weighted by Crippen LogP contribution is -2.67. The molecular formula is C26H26NO8P2S+. The average Bonchev–Trinajstić information content (AvgIpc) is 3.17. The molecule has 0 aliphatic carbocycles. The fourth-order valence-electron chi connectivity index (χ4n) is 4.80. The van der Waals surface area contributed by atoms with E-state index < -0.39 is 36.3 Å². The summed E-state index contributed by atoms with van der Waals surface area (Å²) >= 11 is 0. The summed E-state index contributed by atoms with van der Waals surface area (Å²) in [7, 11) is -13.7. The molecule has 0 spiro atoms. The summed E-state index contributed by atoms with van der Waals surface area (Å²) in [6.07, 6.45) is 0. The van der Waals surface area contributed by atoms with Gasteiger partial charge in [0.15, 0.2) is 10.9 Å². The minimum absolute atomic E-state index is 0.0607. The lowest BCUT2D eigenvalue weighted by molar-refractivity contribution is -0.129. The van der Waals surface area contributed by atoms with Gasteiger partial charge < -0.3 is 13.6 Å². The van der Waals surface area contributed by atoms with Crippen LogP contribution in [0.3, 0.4) is 0 Å². The number of carbonyl (C=O) groups excluding carboxylic acids is 1. The fourth-order valence-corrected chi connectivity index (χ4v) is 14.0. The molecule has 38 heavy (non-hydrogen) atoms. The highest BCUT2D eigenvalue weighted by atomic mass is 32.2. The number of hydrogen-bond donors (Lipinski definition) is 1. The molecule has 2 aliphatic heterocycles.